The number of esters is 1. The highest BCUT2D eigenvalue weighted by Crippen LogP contribution is 2.39. The lowest BCUT2D eigenvalue weighted by Crippen LogP contribution is -2.53. The van der Waals surface area contributed by atoms with Crippen LogP contribution in [0, 0.1) is 10.8 Å². The van der Waals surface area contributed by atoms with Gasteiger partial charge in [-0.05, 0) is 71.4 Å². The van der Waals surface area contributed by atoms with Crippen LogP contribution in [0.15, 0.2) is 18.3 Å². The zero-order chi connectivity index (χ0) is 27.0. The van der Waals surface area contributed by atoms with E-state index >= 15 is 0 Å². The topological polar surface area (TPSA) is 109 Å². The molecule has 37 heavy (non-hydrogen) atoms. The lowest BCUT2D eigenvalue weighted by molar-refractivity contribution is -0.171. The second kappa shape index (κ2) is 10.1. The van der Waals surface area contributed by atoms with E-state index in [9.17, 15) is 19.2 Å². The Morgan fingerprint density at radius 2 is 1.62 bits per heavy atom. The Bertz CT molecular complexity index is 1050. The van der Waals surface area contributed by atoms with Crippen LogP contribution in [0.4, 0.5) is 5.82 Å². The molecule has 0 bridgehead atoms. The number of hydrogen-bond acceptors (Lipinski definition) is 7. The number of aromatic nitrogens is 1. The molecule has 4 heterocycles. The van der Waals surface area contributed by atoms with Crippen molar-refractivity contribution in [2.75, 3.05) is 31.1 Å². The number of ether oxygens (including phenoxy) is 1. The van der Waals surface area contributed by atoms with Gasteiger partial charge in [0.25, 0.3) is 0 Å². The Morgan fingerprint density at radius 1 is 1.00 bits per heavy atom. The molecule has 1 aromatic heterocycles. The number of nitrogens with zero attached hydrogens (tertiary/aromatic N) is 3. The van der Waals surface area contributed by atoms with Crippen LogP contribution in [0.2, 0.25) is 0 Å². The highest BCUT2D eigenvalue weighted by atomic mass is 16.6. The molecule has 0 saturated carbocycles. The van der Waals surface area contributed by atoms with E-state index in [4.69, 9.17) is 4.74 Å². The molecule has 0 aromatic carbocycles. The number of nitrogens with one attached hydrogen (secondary N) is 1. The van der Waals surface area contributed by atoms with Crippen molar-refractivity contribution in [2.45, 2.75) is 84.7 Å². The summed E-state index contributed by atoms with van der Waals surface area (Å²) < 4.78 is 5.63. The summed E-state index contributed by atoms with van der Waals surface area (Å²) in [5.74, 6) is -0.0114. The van der Waals surface area contributed by atoms with Gasteiger partial charge in [0.05, 0.1) is 11.3 Å². The summed E-state index contributed by atoms with van der Waals surface area (Å²) in [6.45, 7) is 12.2. The molecule has 4 rings (SSSR count). The Hall–Kier alpha value is -2.97. The Kier molecular flexibility index (Phi) is 7.36. The molecule has 3 saturated heterocycles. The minimum absolute atomic E-state index is 0.166. The number of imide groups is 1. The minimum atomic E-state index is -0.556. The molecule has 9 nitrogen and oxygen atoms in total. The van der Waals surface area contributed by atoms with Gasteiger partial charge in [-0.3, -0.25) is 24.5 Å². The zero-order valence-corrected chi connectivity index (χ0v) is 22.8. The maximum Gasteiger partial charge on any atom is 0.312 e. The Labute approximate surface area is 219 Å². The van der Waals surface area contributed by atoms with E-state index in [1.807, 2.05) is 51.7 Å². The normalized spacial score (nSPS) is 23.9. The fourth-order valence-electron chi connectivity index (χ4n) is 5.44. The number of hydrogen-bond donors (Lipinski definition) is 1. The molecule has 3 fully saturated rings. The van der Waals surface area contributed by atoms with E-state index in [0.717, 1.165) is 37.3 Å². The SMILES string of the molecule is CC(C)(C)OC(=O)C1(C)CCN(C(=O)C2(C)CCN(c3ccc(C4CCC(=O)NC4=O)cn3)CC2)CC1. The molecule has 3 amide bonds. The number of amides is 3. The molecule has 0 aliphatic carbocycles. The van der Waals surface area contributed by atoms with Crippen LogP contribution in [0.25, 0.3) is 0 Å². The Balaban J connectivity index is 1.31. The summed E-state index contributed by atoms with van der Waals surface area (Å²) in [6, 6.07) is 3.84. The third-order valence-electron chi connectivity index (χ3n) is 8.17. The van der Waals surface area contributed by atoms with E-state index in [0.29, 0.717) is 38.8 Å². The second-order valence-corrected chi connectivity index (χ2v) is 12.4. The number of carbonyl (C=O) groups excluding carboxylic acids is 4. The van der Waals surface area contributed by atoms with Gasteiger partial charge in [-0.2, -0.15) is 0 Å². The molecule has 202 valence electrons. The van der Waals surface area contributed by atoms with Crippen molar-refractivity contribution in [2.24, 2.45) is 10.8 Å². The standard InChI is InChI=1S/C28H40N4O5/c1-26(2,3)37-25(36)28(5)12-16-32(17-13-28)24(35)27(4)10-14-31(15-11-27)21-8-6-19(18-29-21)20-7-9-22(33)30-23(20)34/h6,8,18,20H,7,9-17H2,1-5H3,(H,30,33,34). The van der Waals surface area contributed by atoms with Gasteiger partial charge in [-0.25, -0.2) is 4.98 Å². The summed E-state index contributed by atoms with van der Waals surface area (Å²) in [5.41, 5.74) is -0.702. The molecule has 3 aliphatic heterocycles. The number of pyridine rings is 1. The number of rotatable bonds is 4. The molecule has 0 radical (unpaired) electrons. The molecule has 1 unspecified atom stereocenters. The lowest BCUT2D eigenvalue weighted by atomic mass is 9.76. The van der Waals surface area contributed by atoms with Crippen LogP contribution in [-0.4, -0.2) is 65.4 Å². The Morgan fingerprint density at radius 3 is 2.16 bits per heavy atom. The predicted molar refractivity (Wildman–Crippen MR) is 139 cm³/mol. The van der Waals surface area contributed by atoms with Crippen molar-refractivity contribution in [3.63, 3.8) is 0 Å². The third-order valence-corrected chi connectivity index (χ3v) is 8.17. The molecular weight excluding hydrogens is 472 g/mol. The molecule has 1 aromatic rings. The molecular formula is C28H40N4O5. The summed E-state index contributed by atoms with van der Waals surface area (Å²) in [4.78, 5) is 58.5. The van der Waals surface area contributed by atoms with Crippen LogP contribution in [0.3, 0.4) is 0 Å². The van der Waals surface area contributed by atoms with E-state index in [1.165, 1.54) is 0 Å². The number of piperidine rings is 3. The van der Waals surface area contributed by atoms with E-state index in [-0.39, 0.29) is 29.6 Å². The monoisotopic (exact) mass is 512 g/mol. The van der Waals surface area contributed by atoms with Gasteiger partial charge in [0, 0.05) is 44.2 Å². The summed E-state index contributed by atoms with van der Waals surface area (Å²) in [5, 5.41) is 2.40. The zero-order valence-electron chi connectivity index (χ0n) is 22.8. The molecule has 1 atom stereocenters. The predicted octanol–water partition coefficient (Wildman–Crippen LogP) is 3.18. The lowest BCUT2D eigenvalue weighted by Gasteiger charge is -2.44. The van der Waals surface area contributed by atoms with Crippen molar-refractivity contribution in [1.82, 2.24) is 15.2 Å². The van der Waals surface area contributed by atoms with Crippen molar-refractivity contribution >= 4 is 29.5 Å². The largest absolute Gasteiger partial charge is 0.460 e. The highest BCUT2D eigenvalue weighted by molar-refractivity contribution is 6.00. The van der Waals surface area contributed by atoms with Gasteiger partial charge in [0.2, 0.25) is 17.7 Å². The van der Waals surface area contributed by atoms with E-state index in [2.05, 4.69) is 15.2 Å². The minimum Gasteiger partial charge on any atom is -0.460 e. The fraction of sp³-hybridized carbons (Fsp3) is 0.679. The summed E-state index contributed by atoms with van der Waals surface area (Å²) in [6.07, 6.45) is 5.24. The van der Waals surface area contributed by atoms with Gasteiger partial charge in [-0.15, -0.1) is 0 Å². The first-order valence-corrected chi connectivity index (χ1v) is 13.4. The van der Waals surface area contributed by atoms with Gasteiger partial charge in [-0.1, -0.05) is 13.0 Å². The van der Waals surface area contributed by atoms with Gasteiger partial charge < -0.3 is 14.5 Å². The quantitative estimate of drug-likeness (QED) is 0.487. The first-order chi connectivity index (χ1) is 17.3. The van der Waals surface area contributed by atoms with Gasteiger partial charge in [0.15, 0.2) is 0 Å². The summed E-state index contributed by atoms with van der Waals surface area (Å²) in [7, 11) is 0. The number of likely N-dealkylation sites (tertiary alicyclic amines) is 1. The fourth-order valence-corrected chi connectivity index (χ4v) is 5.44. The van der Waals surface area contributed by atoms with Gasteiger partial charge in [0.1, 0.15) is 11.4 Å². The highest BCUT2D eigenvalue weighted by Gasteiger charge is 2.45. The second-order valence-electron chi connectivity index (χ2n) is 12.4. The third kappa shape index (κ3) is 5.96. The molecule has 9 heteroatoms. The molecule has 3 aliphatic rings. The molecule has 1 N–H and O–H groups in total. The first-order valence-electron chi connectivity index (χ1n) is 13.4. The average Bonchev–Trinajstić information content (AvgIpc) is 2.84. The summed E-state index contributed by atoms with van der Waals surface area (Å²) >= 11 is 0. The van der Waals surface area contributed by atoms with E-state index in [1.54, 1.807) is 6.20 Å². The van der Waals surface area contributed by atoms with Crippen molar-refractivity contribution in [1.29, 1.82) is 0 Å². The van der Waals surface area contributed by atoms with Crippen molar-refractivity contribution < 1.29 is 23.9 Å². The van der Waals surface area contributed by atoms with Crippen LogP contribution in [0.1, 0.15) is 84.6 Å². The number of anilines is 1. The number of carbonyl (C=O) groups is 4. The van der Waals surface area contributed by atoms with Crippen LogP contribution < -0.4 is 10.2 Å². The van der Waals surface area contributed by atoms with Gasteiger partial charge >= 0.3 is 5.97 Å². The van der Waals surface area contributed by atoms with Crippen molar-refractivity contribution in [3.05, 3.63) is 23.9 Å². The smallest absolute Gasteiger partial charge is 0.312 e. The van der Waals surface area contributed by atoms with Crippen LogP contribution in [-0.2, 0) is 23.9 Å². The maximum absolute atomic E-state index is 13.5. The van der Waals surface area contributed by atoms with Crippen LogP contribution in [0.5, 0.6) is 0 Å². The average molecular weight is 513 g/mol. The van der Waals surface area contributed by atoms with E-state index < -0.39 is 16.4 Å². The maximum atomic E-state index is 13.5. The van der Waals surface area contributed by atoms with Crippen LogP contribution >= 0.6 is 0 Å². The van der Waals surface area contributed by atoms with Crippen molar-refractivity contribution in [3.8, 4) is 0 Å². The first kappa shape index (κ1) is 27.1. The molecule has 0 spiro atoms.